The van der Waals surface area contributed by atoms with E-state index in [4.69, 9.17) is 9.73 Å². The average Bonchev–Trinajstić information content (AvgIpc) is 3.16. The highest BCUT2D eigenvalue weighted by Crippen LogP contribution is 2.24. The van der Waals surface area contributed by atoms with Crippen LogP contribution in [-0.4, -0.2) is 57.7 Å². The first-order valence-corrected chi connectivity index (χ1v) is 11.7. The third-order valence-electron chi connectivity index (χ3n) is 5.64. The van der Waals surface area contributed by atoms with Gasteiger partial charge in [-0.25, -0.2) is 8.42 Å². The first kappa shape index (κ1) is 19.0. The monoisotopic (exact) mass is 371 g/mol. The van der Waals surface area contributed by atoms with Gasteiger partial charge in [-0.3, -0.25) is 4.99 Å². The van der Waals surface area contributed by atoms with E-state index in [1.165, 1.54) is 25.7 Å². The second kappa shape index (κ2) is 8.71. The van der Waals surface area contributed by atoms with E-state index in [1.807, 2.05) is 0 Å². The predicted octanol–water partition coefficient (Wildman–Crippen LogP) is 1.71. The van der Waals surface area contributed by atoms with Crippen molar-refractivity contribution >= 4 is 15.8 Å². The summed E-state index contributed by atoms with van der Waals surface area (Å²) in [6.45, 7) is 4.51. The Balaban J connectivity index is 1.53. The zero-order valence-electron chi connectivity index (χ0n) is 15.4. The quantitative estimate of drug-likeness (QED) is 0.568. The fourth-order valence-electron chi connectivity index (χ4n) is 4.10. The summed E-state index contributed by atoms with van der Waals surface area (Å²) in [6.07, 6.45) is 8.11. The summed E-state index contributed by atoms with van der Waals surface area (Å²) in [5.41, 5.74) is 0. The Morgan fingerprint density at radius 3 is 2.72 bits per heavy atom. The van der Waals surface area contributed by atoms with Crippen LogP contribution in [0.1, 0.15) is 51.9 Å². The van der Waals surface area contributed by atoms with E-state index < -0.39 is 9.84 Å². The lowest BCUT2D eigenvalue weighted by atomic mass is 10.1. The minimum atomic E-state index is -2.83. The van der Waals surface area contributed by atoms with Gasteiger partial charge in [0.1, 0.15) is 0 Å². The normalized spacial score (nSPS) is 35.6. The number of sulfone groups is 1. The molecule has 2 N–H and O–H groups in total. The summed E-state index contributed by atoms with van der Waals surface area (Å²) in [4.78, 5) is 4.72. The van der Waals surface area contributed by atoms with Crippen molar-refractivity contribution in [2.45, 2.75) is 64.0 Å². The van der Waals surface area contributed by atoms with Crippen molar-refractivity contribution < 1.29 is 13.2 Å². The van der Waals surface area contributed by atoms with Gasteiger partial charge in [-0.05, 0) is 56.8 Å². The van der Waals surface area contributed by atoms with E-state index in [1.54, 1.807) is 0 Å². The second-order valence-corrected chi connectivity index (χ2v) is 10.3. The zero-order chi connectivity index (χ0) is 17.7. The van der Waals surface area contributed by atoms with E-state index in [0.29, 0.717) is 18.3 Å². The smallest absolute Gasteiger partial charge is 0.191 e. The summed E-state index contributed by atoms with van der Waals surface area (Å²) in [7, 11) is -2.83. The van der Waals surface area contributed by atoms with Crippen LogP contribution in [0.25, 0.3) is 0 Å². The molecule has 6 nitrogen and oxygen atoms in total. The van der Waals surface area contributed by atoms with Crippen molar-refractivity contribution in [3.05, 3.63) is 0 Å². The lowest BCUT2D eigenvalue weighted by Gasteiger charge is -2.25. The Morgan fingerprint density at radius 2 is 2.08 bits per heavy atom. The van der Waals surface area contributed by atoms with Crippen molar-refractivity contribution in [1.82, 2.24) is 10.6 Å². The highest BCUT2D eigenvalue weighted by molar-refractivity contribution is 7.91. The Labute approximate surface area is 152 Å². The number of nitrogens with zero attached hydrogens (tertiary/aromatic N) is 1. The van der Waals surface area contributed by atoms with Gasteiger partial charge in [-0.1, -0.05) is 6.92 Å². The minimum absolute atomic E-state index is 0.164. The number of rotatable bonds is 5. The summed E-state index contributed by atoms with van der Waals surface area (Å²) in [6, 6.07) is 0.473. The summed E-state index contributed by atoms with van der Waals surface area (Å²) >= 11 is 0. The van der Waals surface area contributed by atoms with Gasteiger partial charge < -0.3 is 15.4 Å². The van der Waals surface area contributed by atoms with Crippen molar-refractivity contribution in [2.75, 3.05) is 31.2 Å². The molecule has 3 fully saturated rings. The fraction of sp³-hybridized carbons (Fsp3) is 0.944. The molecule has 0 bridgehead atoms. The van der Waals surface area contributed by atoms with Gasteiger partial charge >= 0.3 is 0 Å². The molecule has 4 atom stereocenters. The molecular weight excluding hydrogens is 338 g/mol. The lowest BCUT2D eigenvalue weighted by molar-refractivity contribution is 0.0194. The summed E-state index contributed by atoms with van der Waals surface area (Å²) < 4.78 is 29.1. The Bertz CT molecular complexity index is 558. The Hall–Kier alpha value is -0.820. The van der Waals surface area contributed by atoms with Crippen LogP contribution in [0, 0.1) is 11.8 Å². The zero-order valence-corrected chi connectivity index (χ0v) is 16.2. The van der Waals surface area contributed by atoms with Crippen LogP contribution in [0.2, 0.25) is 0 Å². The van der Waals surface area contributed by atoms with E-state index in [0.717, 1.165) is 44.3 Å². The van der Waals surface area contributed by atoms with Crippen molar-refractivity contribution in [2.24, 2.45) is 16.8 Å². The SMILES string of the molecule is CC1CCC(NC(=NCC2CCS(=O)(=O)C2)NCC2CCCCO2)C1. The molecule has 0 aromatic carbocycles. The number of aliphatic imine (C=N–C) groups is 1. The Morgan fingerprint density at radius 1 is 1.20 bits per heavy atom. The predicted molar refractivity (Wildman–Crippen MR) is 101 cm³/mol. The topological polar surface area (TPSA) is 79.8 Å². The highest BCUT2D eigenvalue weighted by atomic mass is 32.2. The number of guanidine groups is 1. The fourth-order valence-corrected chi connectivity index (χ4v) is 5.95. The van der Waals surface area contributed by atoms with Crippen molar-refractivity contribution in [3.8, 4) is 0 Å². The lowest BCUT2D eigenvalue weighted by Crippen LogP contribution is -2.46. The minimum Gasteiger partial charge on any atom is -0.376 e. The van der Waals surface area contributed by atoms with Gasteiger partial charge in [0.2, 0.25) is 0 Å². The average molecular weight is 372 g/mol. The maximum absolute atomic E-state index is 11.6. The van der Waals surface area contributed by atoms with Crippen LogP contribution in [-0.2, 0) is 14.6 Å². The van der Waals surface area contributed by atoms with E-state index in [9.17, 15) is 8.42 Å². The molecule has 0 radical (unpaired) electrons. The number of ether oxygens (including phenoxy) is 1. The molecule has 0 amide bonds. The van der Waals surface area contributed by atoms with Crippen LogP contribution in [0.3, 0.4) is 0 Å². The van der Waals surface area contributed by atoms with Crippen LogP contribution in [0.15, 0.2) is 4.99 Å². The van der Waals surface area contributed by atoms with E-state index in [2.05, 4.69) is 17.6 Å². The molecule has 3 aliphatic rings. The summed E-state index contributed by atoms with van der Waals surface area (Å²) in [5.74, 6) is 2.37. The van der Waals surface area contributed by atoms with Gasteiger partial charge in [-0.15, -0.1) is 0 Å². The van der Waals surface area contributed by atoms with E-state index in [-0.39, 0.29) is 17.8 Å². The maximum atomic E-state index is 11.6. The molecule has 0 spiro atoms. The van der Waals surface area contributed by atoms with Gasteiger partial charge in [0, 0.05) is 25.7 Å². The van der Waals surface area contributed by atoms with E-state index >= 15 is 0 Å². The number of hydrogen-bond donors (Lipinski definition) is 2. The molecule has 2 saturated heterocycles. The molecule has 1 aliphatic carbocycles. The van der Waals surface area contributed by atoms with Crippen LogP contribution >= 0.6 is 0 Å². The van der Waals surface area contributed by atoms with Gasteiger partial charge in [0.25, 0.3) is 0 Å². The Kier molecular flexibility index (Phi) is 6.61. The molecule has 0 aromatic heterocycles. The standard InChI is InChI=1S/C18H33N3O3S/c1-14-5-6-16(10-14)21-18(20-12-17-4-2-3-8-24-17)19-11-15-7-9-25(22,23)13-15/h14-17H,2-13H2,1H3,(H2,19,20,21). The molecule has 7 heteroatoms. The second-order valence-electron chi connectivity index (χ2n) is 8.09. The van der Waals surface area contributed by atoms with Gasteiger partial charge in [-0.2, -0.15) is 0 Å². The first-order chi connectivity index (χ1) is 12.0. The molecule has 25 heavy (non-hydrogen) atoms. The molecule has 2 heterocycles. The molecular formula is C18H33N3O3S. The molecule has 3 rings (SSSR count). The molecule has 144 valence electrons. The summed E-state index contributed by atoms with van der Waals surface area (Å²) in [5, 5.41) is 7.00. The first-order valence-electron chi connectivity index (χ1n) is 9.87. The molecule has 0 aromatic rings. The van der Waals surface area contributed by atoms with Crippen LogP contribution in [0.4, 0.5) is 0 Å². The van der Waals surface area contributed by atoms with Crippen LogP contribution < -0.4 is 10.6 Å². The molecule has 4 unspecified atom stereocenters. The highest BCUT2D eigenvalue weighted by Gasteiger charge is 2.28. The van der Waals surface area contributed by atoms with Crippen LogP contribution in [0.5, 0.6) is 0 Å². The van der Waals surface area contributed by atoms with Gasteiger partial charge in [0.15, 0.2) is 15.8 Å². The van der Waals surface area contributed by atoms with Gasteiger partial charge in [0.05, 0.1) is 17.6 Å². The maximum Gasteiger partial charge on any atom is 0.191 e. The third-order valence-corrected chi connectivity index (χ3v) is 7.48. The molecule has 2 aliphatic heterocycles. The number of nitrogens with one attached hydrogen (secondary N) is 2. The van der Waals surface area contributed by atoms with Crippen molar-refractivity contribution in [3.63, 3.8) is 0 Å². The third kappa shape index (κ3) is 6.13. The number of hydrogen-bond acceptors (Lipinski definition) is 4. The largest absolute Gasteiger partial charge is 0.376 e. The van der Waals surface area contributed by atoms with Crippen molar-refractivity contribution in [1.29, 1.82) is 0 Å². The molecule has 1 saturated carbocycles.